The standard InChI is InChI=1S/C14H21BrN2O2/c1-10(17-6-4-16-5-7-17)11-8-14(19-3)12(15)9-13(11)18-2/h8-10,16H,4-7H2,1-3H3/t10-/m1/s1. The van der Waals surface area contributed by atoms with Crippen molar-refractivity contribution in [1.29, 1.82) is 0 Å². The zero-order valence-electron chi connectivity index (χ0n) is 11.7. The zero-order chi connectivity index (χ0) is 13.8. The van der Waals surface area contributed by atoms with E-state index < -0.39 is 0 Å². The lowest BCUT2D eigenvalue weighted by Gasteiger charge is -2.33. The molecule has 2 rings (SSSR count). The summed E-state index contributed by atoms with van der Waals surface area (Å²) in [5.41, 5.74) is 1.17. The maximum atomic E-state index is 5.51. The Hall–Kier alpha value is -0.780. The molecule has 0 saturated carbocycles. The number of rotatable bonds is 4. The molecule has 1 atom stereocenters. The number of halogens is 1. The monoisotopic (exact) mass is 328 g/mol. The molecule has 4 nitrogen and oxygen atoms in total. The summed E-state index contributed by atoms with van der Waals surface area (Å²) in [7, 11) is 3.40. The molecule has 0 aromatic heterocycles. The highest BCUT2D eigenvalue weighted by atomic mass is 79.9. The summed E-state index contributed by atoms with van der Waals surface area (Å²) in [6.07, 6.45) is 0. The van der Waals surface area contributed by atoms with Crippen LogP contribution in [0.3, 0.4) is 0 Å². The Kier molecular flexibility index (Phi) is 5.07. The number of hydrogen-bond acceptors (Lipinski definition) is 4. The lowest BCUT2D eigenvalue weighted by molar-refractivity contribution is 0.182. The van der Waals surface area contributed by atoms with Crippen LogP contribution in [0, 0.1) is 0 Å². The summed E-state index contributed by atoms with van der Waals surface area (Å²) in [6.45, 7) is 6.42. The molecule has 1 fully saturated rings. The second-order valence-corrected chi connectivity index (χ2v) is 5.54. The third-order valence-electron chi connectivity index (χ3n) is 3.65. The van der Waals surface area contributed by atoms with Gasteiger partial charge in [0.05, 0.1) is 18.7 Å². The van der Waals surface area contributed by atoms with Gasteiger partial charge in [0.2, 0.25) is 0 Å². The molecule has 1 aliphatic heterocycles. The Bertz CT molecular complexity index is 434. The van der Waals surface area contributed by atoms with E-state index in [4.69, 9.17) is 9.47 Å². The van der Waals surface area contributed by atoms with Crippen LogP contribution in [0.4, 0.5) is 0 Å². The number of benzene rings is 1. The predicted molar refractivity (Wildman–Crippen MR) is 80.1 cm³/mol. The van der Waals surface area contributed by atoms with E-state index in [0.717, 1.165) is 42.2 Å². The number of hydrogen-bond donors (Lipinski definition) is 1. The summed E-state index contributed by atoms with van der Waals surface area (Å²) >= 11 is 3.50. The van der Waals surface area contributed by atoms with Gasteiger partial charge in [0, 0.05) is 37.8 Å². The van der Waals surface area contributed by atoms with Gasteiger partial charge in [-0.15, -0.1) is 0 Å². The minimum Gasteiger partial charge on any atom is -0.496 e. The van der Waals surface area contributed by atoms with Crippen molar-refractivity contribution in [2.24, 2.45) is 0 Å². The summed E-state index contributed by atoms with van der Waals surface area (Å²) in [5.74, 6) is 1.75. The van der Waals surface area contributed by atoms with Crippen LogP contribution >= 0.6 is 15.9 Å². The molecule has 5 heteroatoms. The van der Waals surface area contributed by atoms with Crippen LogP contribution in [-0.4, -0.2) is 45.3 Å². The van der Waals surface area contributed by atoms with Crippen LogP contribution in [-0.2, 0) is 0 Å². The molecule has 0 aliphatic carbocycles. The fourth-order valence-corrected chi connectivity index (χ4v) is 2.96. The lowest BCUT2D eigenvalue weighted by atomic mass is 10.0. The highest BCUT2D eigenvalue weighted by Crippen LogP contribution is 2.37. The first-order chi connectivity index (χ1) is 9.17. The molecule has 1 saturated heterocycles. The van der Waals surface area contributed by atoms with E-state index in [-0.39, 0.29) is 0 Å². The van der Waals surface area contributed by atoms with Gasteiger partial charge in [-0.1, -0.05) is 0 Å². The van der Waals surface area contributed by atoms with Gasteiger partial charge >= 0.3 is 0 Å². The summed E-state index contributed by atoms with van der Waals surface area (Å²) in [4.78, 5) is 2.46. The number of piperazine rings is 1. The van der Waals surface area contributed by atoms with Gasteiger partial charge in [0.15, 0.2) is 0 Å². The molecule has 1 heterocycles. The minimum atomic E-state index is 0.319. The third kappa shape index (κ3) is 3.22. The van der Waals surface area contributed by atoms with Crippen LogP contribution in [0.25, 0.3) is 0 Å². The molecule has 1 aliphatic rings. The van der Waals surface area contributed by atoms with E-state index >= 15 is 0 Å². The van der Waals surface area contributed by atoms with Crippen molar-refractivity contribution in [2.75, 3.05) is 40.4 Å². The zero-order valence-corrected chi connectivity index (χ0v) is 13.3. The van der Waals surface area contributed by atoms with Gasteiger partial charge in [-0.25, -0.2) is 0 Å². The average Bonchev–Trinajstić information content (AvgIpc) is 2.47. The number of nitrogens with zero attached hydrogens (tertiary/aromatic N) is 1. The predicted octanol–water partition coefficient (Wildman–Crippen LogP) is 2.43. The fourth-order valence-electron chi connectivity index (χ4n) is 2.48. The molecule has 0 radical (unpaired) electrons. The van der Waals surface area contributed by atoms with Crippen molar-refractivity contribution in [3.8, 4) is 11.5 Å². The molecular weight excluding hydrogens is 308 g/mol. The second-order valence-electron chi connectivity index (χ2n) is 4.69. The van der Waals surface area contributed by atoms with Crippen molar-refractivity contribution < 1.29 is 9.47 Å². The van der Waals surface area contributed by atoms with Gasteiger partial charge in [-0.2, -0.15) is 0 Å². The topological polar surface area (TPSA) is 33.7 Å². The van der Waals surface area contributed by atoms with Crippen LogP contribution in [0.2, 0.25) is 0 Å². The van der Waals surface area contributed by atoms with E-state index in [1.54, 1.807) is 14.2 Å². The van der Waals surface area contributed by atoms with Gasteiger partial charge in [-0.3, -0.25) is 4.90 Å². The molecule has 0 amide bonds. The average molecular weight is 329 g/mol. The van der Waals surface area contributed by atoms with E-state index in [9.17, 15) is 0 Å². The van der Waals surface area contributed by atoms with Crippen molar-refractivity contribution in [3.63, 3.8) is 0 Å². The van der Waals surface area contributed by atoms with Gasteiger partial charge in [0.1, 0.15) is 11.5 Å². The third-order valence-corrected chi connectivity index (χ3v) is 4.27. The number of nitrogens with one attached hydrogen (secondary N) is 1. The molecule has 19 heavy (non-hydrogen) atoms. The Morgan fingerprint density at radius 2 is 1.79 bits per heavy atom. The van der Waals surface area contributed by atoms with Crippen LogP contribution < -0.4 is 14.8 Å². The Morgan fingerprint density at radius 3 is 2.37 bits per heavy atom. The molecule has 1 aromatic carbocycles. The van der Waals surface area contributed by atoms with Crippen LogP contribution in [0.15, 0.2) is 16.6 Å². The summed E-state index contributed by atoms with van der Waals surface area (Å²) in [5, 5.41) is 3.38. The van der Waals surface area contributed by atoms with Gasteiger partial charge in [-0.05, 0) is 35.0 Å². The quantitative estimate of drug-likeness (QED) is 0.920. The summed E-state index contributed by atoms with van der Waals surface area (Å²) in [6, 6.07) is 4.36. The Balaban J connectivity index is 2.30. The largest absolute Gasteiger partial charge is 0.496 e. The fraction of sp³-hybridized carbons (Fsp3) is 0.571. The van der Waals surface area contributed by atoms with Crippen molar-refractivity contribution in [3.05, 3.63) is 22.2 Å². The molecule has 106 valence electrons. The highest BCUT2D eigenvalue weighted by molar-refractivity contribution is 9.10. The van der Waals surface area contributed by atoms with E-state index in [1.807, 2.05) is 6.07 Å². The van der Waals surface area contributed by atoms with E-state index in [0.29, 0.717) is 6.04 Å². The first kappa shape index (κ1) is 14.6. The van der Waals surface area contributed by atoms with E-state index in [1.165, 1.54) is 5.56 Å². The van der Waals surface area contributed by atoms with Crippen molar-refractivity contribution in [1.82, 2.24) is 10.2 Å². The number of ether oxygens (including phenoxy) is 2. The molecular formula is C14H21BrN2O2. The Morgan fingerprint density at radius 1 is 1.16 bits per heavy atom. The SMILES string of the molecule is COc1cc([C@@H](C)N2CCNCC2)c(OC)cc1Br. The molecule has 1 aromatic rings. The number of methoxy groups -OCH3 is 2. The van der Waals surface area contributed by atoms with Crippen molar-refractivity contribution >= 4 is 15.9 Å². The Labute approximate surface area is 123 Å². The maximum Gasteiger partial charge on any atom is 0.133 e. The second kappa shape index (κ2) is 6.59. The minimum absolute atomic E-state index is 0.319. The molecule has 1 N–H and O–H groups in total. The highest BCUT2D eigenvalue weighted by Gasteiger charge is 2.22. The smallest absolute Gasteiger partial charge is 0.133 e. The maximum absolute atomic E-state index is 5.51. The van der Waals surface area contributed by atoms with Crippen LogP contribution in [0.1, 0.15) is 18.5 Å². The summed E-state index contributed by atoms with van der Waals surface area (Å²) < 4.78 is 11.8. The van der Waals surface area contributed by atoms with E-state index in [2.05, 4.69) is 39.1 Å². The van der Waals surface area contributed by atoms with Gasteiger partial charge in [0.25, 0.3) is 0 Å². The molecule has 0 spiro atoms. The normalized spacial score (nSPS) is 18.1. The molecule has 0 bridgehead atoms. The molecule has 0 unspecified atom stereocenters. The van der Waals surface area contributed by atoms with Crippen LogP contribution in [0.5, 0.6) is 11.5 Å². The first-order valence-electron chi connectivity index (χ1n) is 6.53. The van der Waals surface area contributed by atoms with Gasteiger partial charge < -0.3 is 14.8 Å². The first-order valence-corrected chi connectivity index (χ1v) is 7.33. The van der Waals surface area contributed by atoms with Crippen molar-refractivity contribution in [2.45, 2.75) is 13.0 Å². The lowest BCUT2D eigenvalue weighted by Crippen LogP contribution is -2.44.